The molecule has 0 heterocycles. The second kappa shape index (κ2) is 5.61. The van der Waals surface area contributed by atoms with Crippen LogP contribution in [-0.2, 0) is 0 Å². The summed E-state index contributed by atoms with van der Waals surface area (Å²) in [5.41, 5.74) is 0.812. The molecular weight excluding hydrogens is 320 g/mol. The monoisotopic (exact) mass is 344 g/mol. The lowest BCUT2D eigenvalue weighted by molar-refractivity contribution is 0.102. The Morgan fingerprint density at radius 3 is 1.79 bits per heavy atom. The molecular formula is C16H25BrOS. The minimum atomic E-state index is -1.26. The Bertz CT molecular complexity index is 426. The quantitative estimate of drug-likeness (QED) is 0.654. The number of halogens is 1. The number of carbonyl (C=O) groups is 1. The van der Waals surface area contributed by atoms with Crippen molar-refractivity contribution in [2.24, 2.45) is 0 Å². The second-order valence-electron chi connectivity index (χ2n) is 6.81. The maximum absolute atomic E-state index is 12.5. The van der Waals surface area contributed by atoms with E-state index in [4.69, 9.17) is 0 Å². The van der Waals surface area contributed by atoms with Gasteiger partial charge in [0.2, 0.25) is 0 Å². The van der Waals surface area contributed by atoms with Crippen molar-refractivity contribution < 1.29 is 4.79 Å². The van der Waals surface area contributed by atoms with Gasteiger partial charge < -0.3 is 0 Å². The van der Waals surface area contributed by atoms with Crippen LogP contribution in [0.5, 0.6) is 0 Å². The summed E-state index contributed by atoms with van der Waals surface area (Å²) < 4.78 is 0.158. The fraction of sp³-hybridized carbons (Fsp3) is 0.562. The molecule has 0 aliphatic heterocycles. The predicted molar refractivity (Wildman–Crippen MR) is 91.7 cm³/mol. The number of carbonyl (C=O) groups excluding carboxylic acids is 1. The Kier molecular flexibility index (Phi) is 4.95. The Morgan fingerprint density at radius 2 is 1.42 bits per heavy atom. The van der Waals surface area contributed by atoms with Crippen molar-refractivity contribution in [3.63, 3.8) is 0 Å². The average Bonchev–Trinajstić information content (AvgIpc) is 2.27. The van der Waals surface area contributed by atoms with Gasteiger partial charge >= 0.3 is 0 Å². The Balaban J connectivity index is 3.08. The van der Waals surface area contributed by atoms with Gasteiger partial charge in [-0.2, -0.15) is 8.46 Å². The van der Waals surface area contributed by atoms with Crippen molar-refractivity contribution in [2.45, 2.75) is 51.0 Å². The minimum Gasteiger partial charge on any atom is -0.293 e. The van der Waals surface area contributed by atoms with Crippen LogP contribution in [0.25, 0.3) is 0 Å². The van der Waals surface area contributed by atoms with Gasteiger partial charge in [0.15, 0.2) is 5.78 Å². The summed E-state index contributed by atoms with van der Waals surface area (Å²) in [5.74, 6) is 0.821. The maximum atomic E-state index is 12.5. The molecule has 0 bridgehead atoms. The van der Waals surface area contributed by atoms with Crippen LogP contribution in [0.1, 0.15) is 51.9 Å². The Morgan fingerprint density at radius 1 is 1.00 bits per heavy atom. The van der Waals surface area contributed by atoms with E-state index in [9.17, 15) is 4.79 Å². The van der Waals surface area contributed by atoms with Crippen molar-refractivity contribution in [1.82, 2.24) is 0 Å². The molecule has 0 radical (unpaired) electrons. The first kappa shape index (κ1) is 16.8. The van der Waals surface area contributed by atoms with Gasteiger partial charge in [0.05, 0.1) is 5.75 Å². The number of hydrogen-bond acceptors (Lipinski definition) is 1. The molecule has 0 aromatic heterocycles. The fourth-order valence-electron chi connectivity index (χ4n) is 2.24. The second-order valence-corrected chi connectivity index (χ2v) is 14.2. The molecule has 0 atom stereocenters. The van der Waals surface area contributed by atoms with Crippen LogP contribution in [0.3, 0.4) is 0 Å². The number of Topliss-reactive ketones (excluding diaryl/α,β-unsaturated/α-hetero) is 1. The molecule has 108 valence electrons. The van der Waals surface area contributed by atoms with Gasteiger partial charge in [0, 0.05) is 15.1 Å². The lowest BCUT2D eigenvalue weighted by atomic mass is 10.1. The average molecular weight is 345 g/mol. The van der Waals surface area contributed by atoms with Crippen LogP contribution in [0.2, 0.25) is 0 Å². The molecule has 3 heteroatoms. The first-order valence-corrected chi connectivity index (χ1v) is 10.2. The number of hydrogen-bond donors (Lipinski definition) is 0. The SMILES string of the molecule is CC(C)(C)S(Br)(CC(=O)c1ccccc1)C(C)(C)C. The molecule has 1 aromatic rings. The van der Waals surface area contributed by atoms with Gasteiger partial charge in [0.1, 0.15) is 0 Å². The minimum absolute atomic E-state index is 0.0791. The van der Waals surface area contributed by atoms with Gasteiger partial charge in [-0.3, -0.25) is 4.79 Å². The summed E-state index contributed by atoms with van der Waals surface area (Å²) >= 11 is 3.99. The molecule has 1 rings (SSSR count). The first-order valence-electron chi connectivity index (χ1n) is 6.57. The Labute approximate surface area is 126 Å². The molecule has 1 aromatic carbocycles. The van der Waals surface area contributed by atoms with Crippen LogP contribution in [0.4, 0.5) is 0 Å². The van der Waals surface area contributed by atoms with E-state index in [1.54, 1.807) is 0 Å². The molecule has 0 saturated carbocycles. The van der Waals surface area contributed by atoms with Gasteiger partial charge in [-0.25, -0.2) is 0 Å². The van der Waals surface area contributed by atoms with E-state index >= 15 is 0 Å². The zero-order valence-electron chi connectivity index (χ0n) is 12.8. The third-order valence-electron chi connectivity index (χ3n) is 3.37. The molecule has 0 aliphatic carbocycles. The molecule has 0 amide bonds. The van der Waals surface area contributed by atoms with Crippen LogP contribution in [0, 0.1) is 0 Å². The van der Waals surface area contributed by atoms with E-state index in [1.807, 2.05) is 30.3 Å². The molecule has 0 aliphatic rings. The smallest absolute Gasteiger partial charge is 0.172 e. The van der Waals surface area contributed by atoms with Crippen LogP contribution >= 0.6 is 23.3 Å². The number of ketones is 1. The van der Waals surface area contributed by atoms with E-state index in [-0.39, 0.29) is 15.3 Å². The molecule has 1 nitrogen and oxygen atoms in total. The predicted octanol–water partition coefficient (Wildman–Crippen LogP) is 5.58. The summed E-state index contributed by atoms with van der Waals surface area (Å²) in [6.07, 6.45) is 0. The third-order valence-corrected chi connectivity index (χ3v) is 14.4. The molecule has 0 saturated heterocycles. The summed E-state index contributed by atoms with van der Waals surface area (Å²) in [6.45, 7) is 13.3. The van der Waals surface area contributed by atoms with E-state index in [0.717, 1.165) is 5.56 Å². The normalized spacial score (nSPS) is 14.3. The fourth-order valence-corrected chi connectivity index (χ4v) is 6.09. The summed E-state index contributed by atoms with van der Waals surface area (Å²) in [7, 11) is -1.26. The van der Waals surface area contributed by atoms with Gasteiger partial charge in [0.25, 0.3) is 0 Å². The van der Waals surface area contributed by atoms with Crippen molar-refractivity contribution in [3.05, 3.63) is 35.9 Å². The third kappa shape index (κ3) is 3.63. The van der Waals surface area contributed by atoms with Crippen molar-refractivity contribution in [1.29, 1.82) is 0 Å². The van der Waals surface area contributed by atoms with Crippen LogP contribution in [0.15, 0.2) is 30.3 Å². The highest BCUT2D eigenvalue weighted by molar-refractivity contribution is 9.58. The van der Waals surface area contributed by atoms with Gasteiger partial charge in [-0.05, 0) is 14.8 Å². The highest BCUT2D eigenvalue weighted by Crippen LogP contribution is 2.73. The topological polar surface area (TPSA) is 17.1 Å². The van der Waals surface area contributed by atoms with E-state index in [2.05, 4.69) is 56.4 Å². The van der Waals surface area contributed by atoms with E-state index < -0.39 is 8.46 Å². The number of benzene rings is 1. The Hall–Kier alpha value is -0.280. The molecule has 0 unspecified atom stereocenters. The van der Waals surface area contributed by atoms with E-state index in [1.165, 1.54) is 0 Å². The van der Waals surface area contributed by atoms with E-state index in [0.29, 0.717) is 5.75 Å². The summed E-state index contributed by atoms with van der Waals surface area (Å²) in [6, 6.07) is 9.60. The van der Waals surface area contributed by atoms with Crippen LogP contribution < -0.4 is 0 Å². The van der Waals surface area contributed by atoms with Crippen LogP contribution in [-0.4, -0.2) is 21.0 Å². The highest BCUT2D eigenvalue weighted by atomic mass is 79.9. The summed E-state index contributed by atoms with van der Waals surface area (Å²) in [5, 5.41) is 0. The van der Waals surface area contributed by atoms with Crippen molar-refractivity contribution in [3.8, 4) is 0 Å². The maximum Gasteiger partial charge on any atom is 0.172 e. The standard InChI is InChI=1S/C16H25BrOS/c1-15(2,3)19(17,16(4,5)6)12-14(18)13-10-8-7-9-11-13/h7-11H,12H2,1-6H3. The van der Waals surface area contributed by atoms with Crippen molar-refractivity contribution in [2.75, 3.05) is 5.75 Å². The largest absolute Gasteiger partial charge is 0.293 e. The molecule has 19 heavy (non-hydrogen) atoms. The lowest BCUT2D eigenvalue weighted by Gasteiger charge is -2.54. The highest BCUT2D eigenvalue weighted by Gasteiger charge is 2.45. The summed E-state index contributed by atoms with van der Waals surface area (Å²) in [4.78, 5) is 12.5. The zero-order chi connectivity index (χ0) is 14.9. The molecule has 0 N–H and O–H groups in total. The van der Waals surface area contributed by atoms with Gasteiger partial charge in [-0.15, -0.1) is 0 Å². The van der Waals surface area contributed by atoms with Gasteiger partial charge in [-0.1, -0.05) is 71.9 Å². The molecule has 0 fully saturated rings. The van der Waals surface area contributed by atoms with Crippen molar-refractivity contribution >= 4 is 29.1 Å². The first-order chi connectivity index (χ1) is 8.49. The lowest BCUT2D eigenvalue weighted by Crippen LogP contribution is -2.38. The molecule has 0 spiro atoms. The number of rotatable bonds is 3. The zero-order valence-corrected chi connectivity index (χ0v) is 15.2.